The van der Waals surface area contributed by atoms with Gasteiger partial charge in [-0.15, -0.1) is 0 Å². The van der Waals surface area contributed by atoms with E-state index in [1.165, 1.54) is 18.9 Å². The van der Waals surface area contributed by atoms with Crippen molar-refractivity contribution in [1.82, 2.24) is 20.9 Å². The van der Waals surface area contributed by atoms with Crippen molar-refractivity contribution in [1.29, 1.82) is 0 Å². The van der Waals surface area contributed by atoms with Crippen LogP contribution in [0.3, 0.4) is 0 Å². The van der Waals surface area contributed by atoms with Crippen molar-refractivity contribution in [2.75, 3.05) is 7.05 Å². The molecule has 6 N–H and O–H groups in total. The first-order valence-corrected chi connectivity index (χ1v) is 15.2. The van der Waals surface area contributed by atoms with Crippen molar-refractivity contribution < 1.29 is 29.1 Å². The van der Waals surface area contributed by atoms with E-state index in [-0.39, 0.29) is 24.2 Å². The Morgan fingerprint density at radius 3 is 1.88 bits per heavy atom. The summed E-state index contributed by atoms with van der Waals surface area (Å²) < 4.78 is 0. The lowest BCUT2D eigenvalue weighted by Gasteiger charge is -2.34. The van der Waals surface area contributed by atoms with Crippen molar-refractivity contribution >= 4 is 29.9 Å². The molecule has 11 nitrogen and oxygen atoms in total. The minimum absolute atomic E-state index is 0.0152. The number of nitrogens with two attached hydrogens (primary N) is 1. The van der Waals surface area contributed by atoms with Crippen LogP contribution < -0.4 is 21.7 Å². The van der Waals surface area contributed by atoms with Gasteiger partial charge in [0.25, 0.3) is 0 Å². The maximum atomic E-state index is 13.9. The molecule has 0 saturated carbocycles. The molecule has 0 radical (unpaired) electrons. The van der Waals surface area contributed by atoms with Gasteiger partial charge in [-0.25, -0.2) is 0 Å². The van der Waals surface area contributed by atoms with Gasteiger partial charge in [0.15, 0.2) is 0 Å². The number of benzene rings is 1. The summed E-state index contributed by atoms with van der Waals surface area (Å²) in [5.41, 5.74) is 6.78. The molecule has 0 aliphatic carbocycles. The topological polar surface area (TPSA) is 171 Å². The van der Waals surface area contributed by atoms with Crippen LogP contribution in [0.25, 0.3) is 0 Å². The number of hydrogen-bond donors (Lipinski definition) is 5. The van der Waals surface area contributed by atoms with Crippen LogP contribution in [-0.2, 0) is 30.4 Å². The number of carbonyl (C=O) groups excluding carboxylic acids is 5. The highest BCUT2D eigenvalue weighted by molar-refractivity contribution is 5.95. The monoisotopic (exact) mass is 603 g/mol. The Hall–Kier alpha value is -3.31. The lowest BCUT2D eigenvalue weighted by Crippen LogP contribution is -2.59. The number of aliphatic hydroxyl groups excluding tert-OH is 1. The summed E-state index contributed by atoms with van der Waals surface area (Å²) in [6.07, 6.45) is 0.906. The summed E-state index contributed by atoms with van der Waals surface area (Å²) in [6.45, 7) is 12.7. The van der Waals surface area contributed by atoms with Crippen LogP contribution in [0.15, 0.2) is 30.3 Å². The molecule has 1 aromatic rings. The number of nitrogens with one attached hydrogen (secondary N) is 3. The van der Waals surface area contributed by atoms with Crippen molar-refractivity contribution in [3.05, 3.63) is 35.9 Å². The highest BCUT2D eigenvalue weighted by Gasteiger charge is 2.35. The molecule has 242 valence electrons. The molecule has 0 aliphatic heterocycles. The average molecular weight is 604 g/mol. The fourth-order valence-electron chi connectivity index (χ4n) is 4.58. The quantitative estimate of drug-likeness (QED) is 0.159. The molecule has 0 saturated heterocycles. The number of hydrogen-bond acceptors (Lipinski definition) is 7. The summed E-state index contributed by atoms with van der Waals surface area (Å²) >= 11 is 0. The molecule has 0 aromatic heterocycles. The standard InChI is InChI=1S/C32H53N5O6/c1-19(2)16-25(32(43)37(8)27(17-20(3)4)30(41)36-26(18-38)21(5)6)35-29(40)24(34-31(42)28(33)22(7)39)15-14-23-12-10-9-11-13-23/h9-13,18-22,24-28,39H,14-17,33H2,1-8H3,(H,34,42)(H,35,40)(H,36,41)/t22-,24+,25+,26-,27+,28+/m1/s1. The van der Waals surface area contributed by atoms with Crippen molar-refractivity contribution in [3.8, 4) is 0 Å². The molecule has 0 fully saturated rings. The van der Waals surface area contributed by atoms with E-state index in [1.54, 1.807) is 0 Å². The Bertz CT molecular complexity index is 1050. The second kappa shape index (κ2) is 18.4. The van der Waals surface area contributed by atoms with Crippen LogP contribution >= 0.6 is 0 Å². The molecule has 11 heteroatoms. The van der Waals surface area contributed by atoms with Crippen molar-refractivity contribution in [2.24, 2.45) is 23.5 Å². The molecule has 43 heavy (non-hydrogen) atoms. The first-order valence-electron chi connectivity index (χ1n) is 15.2. The fourth-order valence-corrected chi connectivity index (χ4v) is 4.58. The maximum absolute atomic E-state index is 13.9. The molecule has 1 rings (SSSR count). The molecule has 0 aliphatic rings. The van der Waals surface area contributed by atoms with E-state index in [1.807, 2.05) is 71.9 Å². The zero-order chi connectivity index (χ0) is 32.9. The third-order valence-corrected chi connectivity index (χ3v) is 7.33. The molecule has 4 amide bonds. The minimum Gasteiger partial charge on any atom is -0.391 e. The Morgan fingerprint density at radius 2 is 1.40 bits per heavy atom. The first kappa shape index (κ1) is 37.7. The minimum atomic E-state index is -1.23. The van der Waals surface area contributed by atoms with Gasteiger partial charge in [0.1, 0.15) is 30.5 Å². The Balaban J connectivity index is 3.26. The number of amides is 4. The number of aliphatic hydroxyl groups is 1. The van der Waals surface area contributed by atoms with E-state index in [2.05, 4.69) is 16.0 Å². The van der Waals surface area contributed by atoms with Crippen LogP contribution in [-0.4, -0.2) is 83.3 Å². The smallest absolute Gasteiger partial charge is 0.245 e. The van der Waals surface area contributed by atoms with Gasteiger partial charge in [-0.2, -0.15) is 0 Å². The maximum Gasteiger partial charge on any atom is 0.245 e. The molecular formula is C32H53N5O6. The fraction of sp³-hybridized carbons (Fsp3) is 0.656. The van der Waals surface area contributed by atoms with Gasteiger partial charge in [-0.1, -0.05) is 71.9 Å². The van der Waals surface area contributed by atoms with Crippen LogP contribution in [0.5, 0.6) is 0 Å². The molecule has 0 unspecified atom stereocenters. The Kier molecular flexibility index (Phi) is 16.1. The number of nitrogens with zero attached hydrogens (tertiary/aromatic N) is 1. The van der Waals surface area contributed by atoms with E-state index in [0.717, 1.165) is 5.56 Å². The lowest BCUT2D eigenvalue weighted by atomic mass is 9.97. The van der Waals surface area contributed by atoms with Gasteiger partial charge in [-0.05, 0) is 55.9 Å². The highest BCUT2D eigenvalue weighted by atomic mass is 16.3. The van der Waals surface area contributed by atoms with Crippen molar-refractivity contribution in [2.45, 2.75) is 110 Å². The van der Waals surface area contributed by atoms with Gasteiger partial charge in [-0.3, -0.25) is 19.2 Å². The third kappa shape index (κ3) is 12.8. The number of aldehydes is 1. The predicted octanol–water partition coefficient (Wildman–Crippen LogP) is 1.56. The summed E-state index contributed by atoms with van der Waals surface area (Å²) in [7, 11) is 1.52. The number of aryl methyl sites for hydroxylation is 1. The Labute approximate surface area is 256 Å². The largest absolute Gasteiger partial charge is 0.391 e. The summed E-state index contributed by atoms with van der Waals surface area (Å²) in [5.74, 6) is -2.19. The Morgan fingerprint density at radius 1 is 0.837 bits per heavy atom. The zero-order valence-corrected chi connectivity index (χ0v) is 27.0. The van der Waals surface area contributed by atoms with Crippen LogP contribution in [0, 0.1) is 17.8 Å². The first-order chi connectivity index (χ1) is 20.1. The normalized spacial score (nSPS) is 15.7. The summed E-state index contributed by atoms with van der Waals surface area (Å²) in [5, 5.41) is 18.0. The zero-order valence-electron chi connectivity index (χ0n) is 27.0. The second-order valence-electron chi connectivity index (χ2n) is 12.6. The molecular weight excluding hydrogens is 550 g/mol. The molecule has 1 aromatic carbocycles. The van der Waals surface area contributed by atoms with E-state index >= 15 is 0 Å². The van der Waals surface area contributed by atoms with Gasteiger partial charge in [0, 0.05) is 7.05 Å². The van der Waals surface area contributed by atoms with Crippen molar-refractivity contribution in [3.63, 3.8) is 0 Å². The number of carbonyl (C=O) groups is 5. The second-order valence-corrected chi connectivity index (χ2v) is 12.6. The van der Waals surface area contributed by atoms with Gasteiger partial charge < -0.3 is 36.5 Å². The molecule has 0 heterocycles. The van der Waals surface area contributed by atoms with E-state index in [9.17, 15) is 29.1 Å². The summed E-state index contributed by atoms with van der Waals surface area (Å²) in [6, 6.07) is 4.65. The van der Waals surface area contributed by atoms with Crippen LogP contribution in [0.2, 0.25) is 0 Å². The highest BCUT2D eigenvalue weighted by Crippen LogP contribution is 2.16. The average Bonchev–Trinajstić information content (AvgIpc) is 2.94. The third-order valence-electron chi connectivity index (χ3n) is 7.33. The molecule has 6 atom stereocenters. The van der Waals surface area contributed by atoms with Gasteiger partial charge in [0.05, 0.1) is 12.1 Å². The lowest BCUT2D eigenvalue weighted by molar-refractivity contribution is -0.143. The van der Waals surface area contributed by atoms with Gasteiger partial charge in [0.2, 0.25) is 23.6 Å². The van der Waals surface area contributed by atoms with Crippen LogP contribution in [0.4, 0.5) is 0 Å². The molecule has 0 bridgehead atoms. The predicted molar refractivity (Wildman–Crippen MR) is 167 cm³/mol. The van der Waals surface area contributed by atoms with Gasteiger partial charge >= 0.3 is 0 Å². The summed E-state index contributed by atoms with van der Waals surface area (Å²) in [4.78, 5) is 66.4. The van der Waals surface area contributed by atoms with E-state index in [0.29, 0.717) is 25.5 Å². The SMILES string of the molecule is CC(C)C[C@H](NC(=O)[C@H](CCc1ccccc1)NC(=O)[C@@H](N)[C@@H](C)O)C(=O)N(C)[C@@H](CC(C)C)C(=O)N[C@H](C=O)C(C)C. The number of likely N-dealkylation sites (N-methyl/N-ethyl adjacent to an activating group) is 1. The van der Waals surface area contributed by atoms with Crippen LogP contribution in [0.1, 0.15) is 73.3 Å². The van der Waals surface area contributed by atoms with E-state index in [4.69, 9.17) is 5.73 Å². The number of rotatable bonds is 18. The van der Waals surface area contributed by atoms with E-state index < -0.39 is 59.9 Å². The molecule has 0 spiro atoms.